The maximum atomic E-state index is 5.91. The van der Waals surface area contributed by atoms with Gasteiger partial charge in [0.05, 0.1) is 0 Å². The van der Waals surface area contributed by atoms with Crippen molar-refractivity contribution in [3.05, 3.63) is 27.7 Å². The van der Waals surface area contributed by atoms with Crippen LogP contribution < -0.4 is 5.32 Å². The maximum absolute atomic E-state index is 5.91. The zero-order valence-electron chi connectivity index (χ0n) is 8.70. The molecule has 0 radical (unpaired) electrons. The Morgan fingerprint density at radius 2 is 2.00 bits per heavy atom. The Morgan fingerprint density at radius 1 is 1.36 bits per heavy atom. The quantitative estimate of drug-likeness (QED) is 0.835. The lowest BCUT2D eigenvalue weighted by atomic mass is 9.97. The molecule has 1 N–H and O–H groups in total. The first-order valence-corrected chi connectivity index (χ1v) is 5.74. The van der Waals surface area contributed by atoms with Gasteiger partial charge >= 0.3 is 0 Å². The van der Waals surface area contributed by atoms with Gasteiger partial charge in [-0.2, -0.15) is 0 Å². The van der Waals surface area contributed by atoms with E-state index < -0.39 is 0 Å². The first-order chi connectivity index (χ1) is 6.38. The first-order valence-electron chi connectivity index (χ1n) is 4.57. The molecule has 0 atom stereocenters. The first kappa shape index (κ1) is 11.9. The van der Waals surface area contributed by atoms with Gasteiger partial charge in [-0.15, -0.1) is 0 Å². The molecule has 14 heavy (non-hydrogen) atoms. The predicted octanol–water partition coefficient (Wildman–Crippen LogP) is 4.56. The van der Waals surface area contributed by atoms with Gasteiger partial charge < -0.3 is 5.32 Å². The molecule has 0 aromatic heterocycles. The van der Waals surface area contributed by atoms with Gasteiger partial charge in [-0.25, -0.2) is 0 Å². The molecule has 1 aromatic carbocycles. The van der Waals surface area contributed by atoms with E-state index in [1.165, 1.54) is 0 Å². The summed E-state index contributed by atoms with van der Waals surface area (Å²) in [4.78, 5) is 0. The Hall–Kier alpha value is -0.210. The summed E-state index contributed by atoms with van der Waals surface area (Å²) in [5, 5.41) is 4.12. The van der Waals surface area contributed by atoms with Crippen molar-refractivity contribution < 1.29 is 0 Å². The minimum absolute atomic E-state index is 0.266. The molecule has 1 aromatic rings. The van der Waals surface area contributed by atoms with Crippen LogP contribution in [0.1, 0.15) is 20.8 Å². The molecule has 0 heterocycles. The second kappa shape index (κ2) is 4.54. The van der Waals surface area contributed by atoms with E-state index in [1.807, 2.05) is 18.2 Å². The normalized spacial score (nSPS) is 11.5. The Balaban J connectivity index is 2.72. The number of benzene rings is 1. The largest absolute Gasteiger partial charge is 0.384 e. The highest BCUT2D eigenvalue weighted by Gasteiger charge is 2.10. The second-order valence-electron chi connectivity index (χ2n) is 4.54. The highest BCUT2D eigenvalue weighted by atomic mass is 79.9. The molecule has 0 aliphatic rings. The van der Waals surface area contributed by atoms with Crippen LogP contribution in [0.2, 0.25) is 5.02 Å². The minimum Gasteiger partial charge on any atom is -0.384 e. The molecule has 0 bridgehead atoms. The second-order valence-corrected chi connectivity index (χ2v) is 5.83. The van der Waals surface area contributed by atoms with Crippen molar-refractivity contribution in [3.63, 3.8) is 0 Å². The van der Waals surface area contributed by atoms with Crippen molar-refractivity contribution in [2.75, 3.05) is 11.9 Å². The molecular weight excluding hydrogens is 261 g/mol. The fraction of sp³-hybridized carbons (Fsp3) is 0.455. The smallest absolute Gasteiger partial charge is 0.0499 e. The Bertz CT molecular complexity index is 318. The third-order valence-electron chi connectivity index (χ3n) is 1.74. The number of halogens is 2. The molecule has 0 unspecified atom stereocenters. The monoisotopic (exact) mass is 275 g/mol. The summed E-state index contributed by atoms with van der Waals surface area (Å²) in [6.45, 7) is 7.50. The van der Waals surface area contributed by atoms with Crippen LogP contribution >= 0.6 is 27.5 Å². The van der Waals surface area contributed by atoms with E-state index in [0.717, 1.165) is 21.7 Å². The van der Waals surface area contributed by atoms with Gasteiger partial charge in [0.1, 0.15) is 0 Å². The summed E-state index contributed by atoms with van der Waals surface area (Å²) in [6.07, 6.45) is 0. The summed E-state index contributed by atoms with van der Waals surface area (Å²) in [5.41, 5.74) is 1.31. The van der Waals surface area contributed by atoms with Crippen molar-refractivity contribution in [1.29, 1.82) is 0 Å². The molecule has 1 nitrogen and oxygen atoms in total. The fourth-order valence-corrected chi connectivity index (χ4v) is 1.55. The summed E-state index contributed by atoms with van der Waals surface area (Å²) < 4.78 is 1.05. The Labute approximate surface area is 99.0 Å². The van der Waals surface area contributed by atoms with Crippen molar-refractivity contribution >= 4 is 33.2 Å². The molecule has 3 heteroatoms. The van der Waals surface area contributed by atoms with Crippen molar-refractivity contribution in [2.24, 2.45) is 5.41 Å². The third-order valence-corrected chi connectivity index (χ3v) is 2.66. The van der Waals surface area contributed by atoms with E-state index >= 15 is 0 Å². The standard InChI is InChI=1S/C11H15BrClN/c1-11(2,3)7-14-10-6-8(13)4-5-9(10)12/h4-6,14H,7H2,1-3H3. The van der Waals surface area contributed by atoms with Crippen molar-refractivity contribution in [3.8, 4) is 0 Å². The van der Waals surface area contributed by atoms with Crippen molar-refractivity contribution in [1.82, 2.24) is 0 Å². The van der Waals surface area contributed by atoms with Gasteiger partial charge in [0.25, 0.3) is 0 Å². The summed E-state index contributed by atoms with van der Waals surface area (Å²) in [5.74, 6) is 0. The van der Waals surface area contributed by atoms with E-state index in [4.69, 9.17) is 11.6 Å². The van der Waals surface area contributed by atoms with E-state index in [1.54, 1.807) is 0 Å². The number of rotatable bonds is 2. The predicted molar refractivity (Wildman–Crippen MR) is 67.1 cm³/mol. The lowest BCUT2D eigenvalue weighted by Crippen LogP contribution is -2.19. The van der Waals surface area contributed by atoms with Crippen LogP contribution in [-0.4, -0.2) is 6.54 Å². The molecule has 0 fully saturated rings. The van der Waals surface area contributed by atoms with Crippen LogP contribution in [0.4, 0.5) is 5.69 Å². The van der Waals surface area contributed by atoms with Gasteiger partial charge in [-0.05, 0) is 39.5 Å². The zero-order chi connectivity index (χ0) is 10.8. The molecule has 1 rings (SSSR count). The number of hydrogen-bond acceptors (Lipinski definition) is 1. The fourth-order valence-electron chi connectivity index (χ4n) is 0.993. The summed E-state index contributed by atoms with van der Waals surface area (Å²) in [6, 6.07) is 5.75. The average molecular weight is 277 g/mol. The van der Waals surface area contributed by atoms with E-state index in [-0.39, 0.29) is 5.41 Å². The summed E-state index contributed by atoms with van der Waals surface area (Å²) >= 11 is 9.38. The Kier molecular flexibility index (Phi) is 3.85. The lowest BCUT2D eigenvalue weighted by molar-refractivity contribution is 0.443. The van der Waals surface area contributed by atoms with E-state index in [0.29, 0.717) is 0 Å². The minimum atomic E-state index is 0.266. The molecular formula is C11H15BrClN. The summed E-state index contributed by atoms with van der Waals surface area (Å²) in [7, 11) is 0. The van der Waals surface area contributed by atoms with Crippen LogP contribution in [0.3, 0.4) is 0 Å². The number of hydrogen-bond donors (Lipinski definition) is 1. The van der Waals surface area contributed by atoms with Crippen LogP contribution in [-0.2, 0) is 0 Å². The number of nitrogens with one attached hydrogen (secondary N) is 1. The van der Waals surface area contributed by atoms with Gasteiger partial charge in [0.2, 0.25) is 0 Å². The topological polar surface area (TPSA) is 12.0 Å². The van der Waals surface area contributed by atoms with Crippen LogP contribution in [0.15, 0.2) is 22.7 Å². The molecule has 0 saturated heterocycles. The molecule has 0 aliphatic heterocycles. The highest BCUT2D eigenvalue weighted by molar-refractivity contribution is 9.10. The number of anilines is 1. The zero-order valence-corrected chi connectivity index (χ0v) is 11.0. The van der Waals surface area contributed by atoms with E-state index in [2.05, 4.69) is 42.0 Å². The van der Waals surface area contributed by atoms with Gasteiger partial charge in [0, 0.05) is 21.7 Å². The van der Waals surface area contributed by atoms with Crippen LogP contribution in [0, 0.1) is 5.41 Å². The van der Waals surface area contributed by atoms with E-state index in [9.17, 15) is 0 Å². The molecule has 0 saturated carbocycles. The van der Waals surface area contributed by atoms with Gasteiger partial charge in [0.15, 0.2) is 0 Å². The van der Waals surface area contributed by atoms with Crippen molar-refractivity contribution in [2.45, 2.75) is 20.8 Å². The highest BCUT2D eigenvalue weighted by Crippen LogP contribution is 2.27. The van der Waals surface area contributed by atoms with Gasteiger partial charge in [-0.1, -0.05) is 32.4 Å². The average Bonchev–Trinajstić information content (AvgIpc) is 2.05. The van der Waals surface area contributed by atoms with Crippen LogP contribution in [0.25, 0.3) is 0 Å². The van der Waals surface area contributed by atoms with Crippen LogP contribution in [0.5, 0.6) is 0 Å². The molecule has 0 spiro atoms. The third kappa shape index (κ3) is 3.89. The SMILES string of the molecule is CC(C)(C)CNc1cc(Cl)ccc1Br. The van der Waals surface area contributed by atoms with Gasteiger partial charge in [-0.3, -0.25) is 0 Å². The molecule has 78 valence electrons. The molecule has 0 amide bonds. The lowest BCUT2D eigenvalue weighted by Gasteiger charge is -2.20. The Morgan fingerprint density at radius 3 is 2.57 bits per heavy atom. The maximum Gasteiger partial charge on any atom is 0.0499 e. The molecule has 0 aliphatic carbocycles.